The highest BCUT2D eigenvalue weighted by Crippen LogP contribution is 2.23. The van der Waals surface area contributed by atoms with Gasteiger partial charge in [0.1, 0.15) is 0 Å². The molecule has 0 saturated heterocycles. The van der Waals surface area contributed by atoms with E-state index in [2.05, 4.69) is 42.8 Å². The second-order valence-corrected chi connectivity index (χ2v) is 6.06. The summed E-state index contributed by atoms with van der Waals surface area (Å²) in [6, 6.07) is 0.566. The van der Waals surface area contributed by atoms with Crippen LogP contribution in [0.4, 0.5) is 5.13 Å². The molecule has 1 rings (SSSR count). The van der Waals surface area contributed by atoms with Crippen LogP contribution >= 0.6 is 23.6 Å². The molecular formula is C11H21N3S2. The van der Waals surface area contributed by atoms with Gasteiger partial charge in [-0.25, -0.2) is 0 Å². The molecule has 1 aromatic rings. The van der Waals surface area contributed by atoms with Gasteiger partial charge in [0.2, 0.25) is 5.13 Å². The number of aromatic amines is 1. The quantitative estimate of drug-likeness (QED) is 0.787. The molecule has 1 aromatic heterocycles. The van der Waals surface area contributed by atoms with E-state index in [-0.39, 0.29) is 0 Å². The minimum Gasteiger partial charge on any atom is -0.343 e. The normalized spacial score (nSPS) is 11.4. The average Bonchev–Trinajstić information content (AvgIpc) is 2.64. The Morgan fingerprint density at radius 1 is 1.38 bits per heavy atom. The molecular weight excluding hydrogens is 238 g/mol. The van der Waals surface area contributed by atoms with Crippen LogP contribution in [-0.2, 0) is 0 Å². The maximum atomic E-state index is 5.10. The molecule has 0 aliphatic carbocycles. The minimum absolute atomic E-state index is 0.566. The van der Waals surface area contributed by atoms with Crippen molar-refractivity contribution in [1.82, 2.24) is 10.2 Å². The van der Waals surface area contributed by atoms with Gasteiger partial charge in [0.15, 0.2) is 3.95 Å². The largest absolute Gasteiger partial charge is 0.343 e. The molecule has 0 spiro atoms. The summed E-state index contributed by atoms with van der Waals surface area (Å²) in [7, 11) is 0. The summed E-state index contributed by atoms with van der Waals surface area (Å²) >= 11 is 6.67. The second kappa shape index (κ2) is 6.35. The monoisotopic (exact) mass is 259 g/mol. The number of hydrogen-bond acceptors (Lipinski definition) is 4. The summed E-state index contributed by atoms with van der Waals surface area (Å²) in [5, 5.41) is 8.20. The van der Waals surface area contributed by atoms with Crippen LogP contribution in [0.15, 0.2) is 0 Å². The van der Waals surface area contributed by atoms with E-state index in [0.717, 1.165) is 28.5 Å². The number of nitrogens with one attached hydrogen (secondary N) is 1. The Bertz CT molecular complexity index is 352. The van der Waals surface area contributed by atoms with Crippen LogP contribution in [-0.4, -0.2) is 22.8 Å². The smallest absolute Gasteiger partial charge is 0.207 e. The van der Waals surface area contributed by atoms with Crippen LogP contribution in [0.2, 0.25) is 0 Å². The molecule has 92 valence electrons. The highest BCUT2D eigenvalue weighted by atomic mass is 32.1. The lowest BCUT2D eigenvalue weighted by atomic mass is 10.1. The molecule has 1 heterocycles. The van der Waals surface area contributed by atoms with Gasteiger partial charge in [0, 0.05) is 12.6 Å². The van der Waals surface area contributed by atoms with Crippen LogP contribution in [0.1, 0.15) is 40.5 Å². The van der Waals surface area contributed by atoms with Crippen LogP contribution in [0, 0.1) is 9.87 Å². The van der Waals surface area contributed by atoms with Crippen molar-refractivity contribution in [3.63, 3.8) is 0 Å². The summed E-state index contributed by atoms with van der Waals surface area (Å²) in [4.78, 5) is 2.39. The molecule has 0 amide bonds. The van der Waals surface area contributed by atoms with Gasteiger partial charge in [-0.15, -0.1) is 5.10 Å². The Hall–Kier alpha value is -0.420. The van der Waals surface area contributed by atoms with Crippen molar-refractivity contribution in [2.45, 2.75) is 46.6 Å². The molecule has 0 aromatic carbocycles. The number of rotatable bonds is 6. The third-order valence-electron chi connectivity index (χ3n) is 2.62. The van der Waals surface area contributed by atoms with Crippen molar-refractivity contribution in [1.29, 1.82) is 0 Å². The Labute approximate surface area is 107 Å². The zero-order valence-corrected chi connectivity index (χ0v) is 12.1. The zero-order valence-electron chi connectivity index (χ0n) is 10.5. The summed E-state index contributed by atoms with van der Waals surface area (Å²) in [5.41, 5.74) is 0. The Morgan fingerprint density at radius 3 is 2.38 bits per heavy atom. The first-order valence-electron chi connectivity index (χ1n) is 5.90. The molecule has 0 unspecified atom stereocenters. The fourth-order valence-electron chi connectivity index (χ4n) is 1.85. The predicted octanol–water partition coefficient (Wildman–Crippen LogP) is 3.85. The lowest BCUT2D eigenvalue weighted by Crippen LogP contribution is -2.37. The lowest BCUT2D eigenvalue weighted by Gasteiger charge is -2.31. The van der Waals surface area contributed by atoms with Gasteiger partial charge in [-0.05, 0) is 31.0 Å². The number of nitrogens with zero attached hydrogens (tertiary/aromatic N) is 2. The second-order valence-electron chi connectivity index (χ2n) is 4.41. The molecule has 0 saturated carbocycles. The van der Waals surface area contributed by atoms with E-state index in [1.54, 1.807) is 11.3 Å². The van der Waals surface area contributed by atoms with E-state index in [1.165, 1.54) is 0 Å². The van der Waals surface area contributed by atoms with Gasteiger partial charge in [0.05, 0.1) is 0 Å². The van der Waals surface area contributed by atoms with E-state index in [1.807, 2.05) is 0 Å². The SMILES string of the molecule is CCC(CC)N(CC(C)C)c1n[nH]c(=S)s1. The van der Waals surface area contributed by atoms with Crippen molar-refractivity contribution in [3.05, 3.63) is 3.95 Å². The van der Waals surface area contributed by atoms with E-state index >= 15 is 0 Å². The molecule has 16 heavy (non-hydrogen) atoms. The molecule has 0 aliphatic rings. The van der Waals surface area contributed by atoms with Crippen LogP contribution in [0.3, 0.4) is 0 Å². The van der Waals surface area contributed by atoms with E-state index in [4.69, 9.17) is 12.2 Å². The van der Waals surface area contributed by atoms with Gasteiger partial charge in [-0.2, -0.15) is 0 Å². The fraction of sp³-hybridized carbons (Fsp3) is 0.818. The van der Waals surface area contributed by atoms with Crippen molar-refractivity contribution in [2.75, 3.05) is 11.4 Å². The summed E-state index contributed by atoms with van der Waals surface area (Å²) in [6.07, 6.45) is 2.30. The molecule has 0 aliphatic heterocycles. The Morgan fingerprint density at radius 2 is 2.00 bits per heavy atom. The first kappa shape index (κ1) is 13.6. The van der Waals surface area contributed by atoms with Gasteiger partial charge >= 0.3 is 0 Å². The maximum absolute atomic E-state index is 5.10. The highest BCUT2D eigenvalue weighted by Gasteiger charge is 2.19. The molecule has 5 heteroatoms. The first-order chi connectivity index (χ1) is 7.58. The van der Waals surface area contributed by atoms with E-state index in [0.29, 0.717) is 12.0 Å². The molecule has 0 radical (unpaired) electrons. The topological polar surface area (TPSA) is 31.9 Å². The molecule has 0 bridgehead atoms. The highest BCUT2D eigenvalue weighted by molar-refractivity contribution is 7.73. The van der Waals surface area contributed by atoms with Gasteiger partial charge in [0.25, 0.3) is 0 Å². The van der Waals surface area contributed by atoms with Gasteiger partial charge < -0.3 is 4.90 Å². The predicted molar refractivity (Wildman–Crippen MR) is 73.9 cm³/mol. The van der Waals surface area contributed by atoms with Crippen molar-refractivity contribution >= 4 is 28.7 Å². The van der Waals surface area contributed by atoms with Crippen molar-refractivity contribution in [3.8, 4) is 0 Å². The van der Waals surface area contributed by atoms with Crippen molar-refractivity contribution in [2.24, 2.45) is 5.92 Å². The summed E-state index contributed by atoms with van der Waals surface area (Å²) < 4.78 is 0.759. The number of hydrogen-bond donors (Lipinski definition) is 1. The Kier molecular flexibility index (Phi) is 5.41. The number of H-pyrrole nitrogens is 1. The third-order valence-corrected chi connectivity index (χ3v) is 3.74. The van der Waals surface area contributed by atoms with Gasteiger partial charge in [-0.3, -0.25) is 5.10 Å². The van der Waals surface area contributed by atoms with Crippen LogP contribution < -0.4 is 4.90 Å². The van der Waals surface area contributed by atoms with Crippen LogP contribution in [0.25, 0.3) is 0 Å². The first-order valence-corrected chi connectivity index (χ1v) is 7.13. The standard InChI is InChI=1S/C11H21N3S2/c1-5-9(6-2)14(7-8(3)4)10-12-13-11(15)16-10/h8-9H,5-7H2,1-4H3,(H,13,15). The molecule has 3 nitrogen and oxygen atoms in total. The zero-order chi connectivity index (χ0) is 12.1. The Balaban J connectivity index is 2.90. The third kappa shape index (κ3) is 3.56. The minimum atomic E-state index is 0.566. The average molecular weight is 259 g/mol. The fourth-order valence-corrected chi connectivity index (χ4v) is 2.81. The van der Waals surface area contributed by atoms with Gasteiger partial charge in [-0.1, -0.05) is 39.0 Å². The molecule has 0 fully saturated rings. The maximum Gasteiger partial charge on any atom is 0.207 e. The van der Waals surface area contributed by atoms with E-state index in [9.17, 15) is 0 Å². The number of aromatic nitrogens is 2. The van der Waals surface area contributed by atoms with Crippen LogP contribution in [0.5, 0.6) is 0 Å². The van der Waals surface area contributed by atoms with E-state index < -0.39 is 0 Å². The summed E-state index contributed by atoms with van der Waals surface area (Å²) in [5.74, 6) is 0.637. The summed E-state index contributed by atoms with van der Waals surface area (Å²) in [6.45, 7) is 9.98. The lowest BCUT2D eigenvalue weighted by molar-refractivity contribution is 0.505. The molecule has 1 N–H and O–H groups in total. The molecule has 0 atom stereocenters. The number of anilines is 1. The van der Waals surface area contributed by atoms with Crippen molar-refractivity contribution < 1.29 is 0 Å².